The van der Waals surface area contributed by atoms with E-state index in [0.717, 1.165) is 48.1 Å². The average molecular weight is 461 g/mol. The summed E-state index contributed by atoms with van der Waals surface area (Å²) in [6.07, 6.45) is 0. The van der Waals surface area contributed by atoms with E-state index in [-0.39, 0.29) is 5.91 Å². The van der Waals surface area contributed by atoms with Gasteiger partial charge in [0.05, 0.1) is 29.5 Å². The molecule has 1 saturated heterocycles. The third-order valence-corrected chi connectivity index (χ3v) is 6.78. The lowest BCUT2D eigenvalue weighted by Crippen LogP contribution is -2.48. The average Bonchev–Trinajstić information content (AvgIpc) is 3.23. The number of anilines is 1. The number of nitrogens with zero attached hydrogens (tertiary/aromatic N) is 3. The minimum atomic E-state index is -0.136. The van der Waals surface area contributed by atoms with Gasteiger partial charge in [-0.3, -0.25) is 9.69 Å². The fourth-order valence-electron chi connectivity index (χ4n) is 3.66. The highest BCUT2D eigenvalue weighted by Crippen LogP contribution is 2.40. The van der Waals surface area contributed by atoms with Crippen molar-refractivity contribution in [1.82, 2.24) is 15.2 Å². The molecule has 4 rings (SSSR count). The molecular formula is C22H25ClN4O3S. The second-order valence-corrected chi connectivity index (χ2v) is 8.62. The fraction of sp³-hybridized carbons (Fsp3) is 0.364. The number of benzene rings is 2. The molecule has 1 amide bonds. The van der Waals surface area contributed by atoms with Gasteiger partial charge in [-0.15, -0.1) is 0 Å². The van der Waals surface area contributed by atoms with Gasteiger partial charge in [-0.2, -0.15) is 0 Å². The van der Waals surface area contributed by atoms with E-state index < -0.39 is 0 Å². The first-order valence-electron chi connectivity index (χ1n) is 10.1. The number of nitrogens with one attached hydrogen (secondary N) is 1. The van der Waals surface area contributed by atoms with Gasteiger partial charge in [0, 0.05) is 39.3 Å². The lowest BCUT2D eigenvalue weighted by molar-refractivity contribution is 0.0948. The molecule has 1 aliphatic rings. The zero-order chi connectivity index (χ0) is 21.8. The van der Waals surface area contributed by atoms with Crippen molar-refractivity contribution >= 4 is 44.2 Å². The normalized spacial score (nSPS) is 14.6. The summed E-state index contributed by atoms with van der Waals surface area (Å²) < 4.78 is 12.0. The van der Waals surface area contributed by atoms with Crippen molar-refractivity contribution in [2.45, 2.75) is 0 Å². The quantitative estimate of drug-likeness (QED) is 0.582. The number of fused-ring (bicyclic) bond motifs is 1. The van der Waals surface area contributed by atoms with Gasteiger partial charge in [-0.1, -0.05) is 35.1 Å². The lowest BCUT2D eigenvalue weighted by Gasteiger charge is -2.34. The molecule has 1 aromatic heterocycles. The Labute approximate surface area is 190 Å². The van der Waals surface area contributed by atoms with Crippen LogP contribution in [0, 0.1) is 0 Å². The molecule has 0 bridgehead atoms. The number of hydrogen-bond acceptors (Lipinski definition) is 7. The molecular weight excluding hydrogens is 436 g/mol. The van der Waals surface area contributed by atoms with Crippen molar-refractivity contribution in [3.05, 3.63) is 47.0 Å². The molecule has 1 aliphatic heterocycles. The summed E-state index contributed by atoms with van der Waals surface area (Å²) in [5.41, 5.74) is 1.35. The topological polar surface area (TPSA) is 66.9 Å². The standard InChI is InChI=1S/C22H25ClN4O3S/c1-29-17-7-8-18-19(20(17)30-2)25-22(31-18)27-13-11-26(12-14-27)10-9-24-21(28)15-5-3-4-6-16(15)23/h3-8H,9-14H2,1-2H3,(H,24,28). The molecule has 0 atom stereocenters. The summed E-state index contributed by atoms with van der Waals surface area (Å²) in [5, 5.41) is 4.42. The predicted octanol–water partition coefficient (Wildman–Crippen LogP) is 3.52. The molecule has 0 unspecified atom stereocenters. The van der Waals surface area contributed by atoms with Crippen LogP contribution in [0.2, 0.25) is 5.02 Å². The molecule has 1 N–H and O–H groups in total. The van der Waals surface area contributed by atoms with Crippen LogP contribution in [-0.4, -0.2) is 69.3 Å². The summed E-state index contributed by atoms with van der Waals surface area (Å²) in [4.78, 5) is 21.7. The van der Waals surface area contributed by atoms with E-state index in [9.17, 15) is 4.79 Å². The van der Waals surface area contributed by atoms with E-state index in [4.69, 9.17) is 26.1 Å². The van der Waals surface area contributed by atoms with Crippen LogP contribution in [0.3, 0.4) is 0 Å². The zero-order valence-corrected chi connectivity index (χ0v) is 19.1. The second kappa shape index (κ2) is 9.72. The van der Waals surface area contributed by atoms with Gasteiger partial charge in [0.1, 0.15) is 5.52 Å². The lowest BCUT2D eigenvalue weighted by atomic mass is 10.2. The number of carbonyl (C=O) groups excluding carboxylic acids is 1. The van der Waals surface area contributed by atoms with E-state index in [1.54, 1.807) is 37.7 Å². The summed E-state index contributed by atoms with van der Waals surface area (Å²) in [5.74, 6) is 1.23. The summed E-state index contributed by atoms with van der Waals surface area (Å²) in [6, 6.07) is 11.0. The first-order valence-corrected chi connectivity index (χ1v) is 11.3. The number of rotatable bonds is 7. The van der Waals surface area contributed by atoms with Crippen molar-refractivity contribution in [2.24, 2.45) is 0 Å². The van der Waals surface area contributed by atoms with Crippen LogP contribution in [0.5, 0.6) is 11.5 Å². The van der Waals surface area contributed by atoms with Gasteiger partial charge in [0.2, 0.25) is 0 Å². The number of thiazole rings is 1. The molecule has 0 aliphatic carbocycles. The maximum absolute atomic E-state index is 12.3. The van der Waals surface area contributed by atoms with E-state index in [1.165, 1.54) is 0 Å². The number of hydrogen-bond donors (Lipinski definition) is 1. The largest absolute Gasteiger partial charge is 0.493 e. The van der Waals surface area contributed by atoms with E-state index >= 15 is 0 Å². The van der Waals surface area contributed by atoms with Crippen molar-refractivity contribution in [3.8, 4) is 11.5 Å². The SMILES string of the molecule is COc1ccc2sc(N3CCN(CCNC(=O)c4ccccc4Cl)CC3)nc2c1OC. The molecule has 0 saturated carbocycles. The smallest absolute Gasteiger partial charge is 0.252 e. The highest BCUT2D eigenvalue weighted by molar-refractivity contribution is 7.22. The summed E-state index contributed by atoms with van der Waals surface area (Å²) in [7, 11) is 3.27. The highest BCUT2D eigenvalue weighted by atomic mass is 35.5. The van der Waals surface area contributed by atoms with Crippen molar-refractivity contribution in [3.63, 3.8) is 0 Å². The number of carbonyl (C=O) groups is 1. The van der Waals surface area contributed by atoms with Crippen molar-refractivity contribution in [1.29, 1.82) is 0 Å². The Balaban J connectivity index is 1.31. The number of aromatic nitrogens is 1. The molecule has 2 aromatic carbocycles. The van der Waals surface area contributed by atoms with Gasteiger partial charge in [0.15, 0.2) is 16.6 Å². The van der Waals surface area contributed by atoms with E-state index in [2.05, 4.69) is 15.1 Å². The van der Waals surface area contributed by atoms with Crippen LogP contribution in [0.15, 0.2) is 36.4 Å². The van der Waals surface area contributed by atoms with E-state index in [0.29, 0.717) is 28.6 Å². The van der Waals surface area contributed by atoms with E-state index in [1.807, 2.05) is 24.3 Å². The van der Waals surface area contributed by atoms with Crippen LogP contribution in [0.25, 0.3) is 10.2 Å². The molecule has 0 radical (unpaired) electrons. The first kappa shape index (κ1) is 21.7. The van der Waals surface area contributed by atoms with Gasteiger partial charge in [-0.05, 0) is 24.3 Å². The Morgan fingerprint density at radius 3 is 2.61 bits per heavy atom. The Bertz CT molecular complexity index is 1070. The summed E-state index contributed by atoms with van der Waals surface area (Å²) >= 11 is 7.76. The molecule has 2 heterocycles. The van der Waals surface area contributed by atoms with Crippen LogP contribution in [0.1, 0.15) is 10.4 Å². The van der Waals surface area contributed by atoms with Crippen LogP contribution in [-0.2, 0) is 0 Å². The Kier molecular flexibility index (Phi) is 6.80. The number of halogens is 1. The number of piperazine rings is 1. The molecule has 9 heteroatoms. The van der Waals surface area contributed by atoms with Gasteiger partial charge in [-0.25, -0.2) is 4.98 Å². The number of methoxy groups -OCH3 is 2. The second-order valence-electron chi connectivity index (χ2n) is 7.21. The van der Waals surface area contributed by atoms with Crippen LogP contribution < -0.4 is 19.7 Å². The Morgan fingerprint density at radius 1 is 1.13 bits per heavy atom. The minimum Gasteiger partial charge on any atom is -0.493 e. The molecule has 1 fully saturated rings. The van der Waals surface area contributed by atoms with Crippen molar-refractivity contribution in [2.75, 3.05) is 58.4 Å². The monoisotopic (exact) mass is 460 g/mol. The molecule has 3 aromatic rings. The van der Waals surface area contributed by atoms with Gasteiger partial charge in [0.25, 0.3) is 5.91 Å². The predicted molar refractivity (Wildman–Crippen MR) is 125 cm³/mol. The molecule has 31 heavy (non-hydrogen) atoms. The van der Waals surface area contributed by atoms with Gasteiger partial charge < -0.3 is 19.7 Å². The zero-order valence-electron chi connectivity index (χ0n) is 17.6. The molecule has 164 valence electrons. The third kappa shape index (κ3) is 4.71. The number of amides is 1. The Hall–Kier alpha value is -2.55. The van der Waals surface area contributed by atoms with Crippen molar-refractivity contribution < 1.29 is 14.3 Å². The minimum absolute atomic E-state index is 0.136. The van der Waals surface area contributed by atoms with Crippen LogP contribution in [0.4, 0.5) is 5.13 Å². The molecule has 7 nitrogen and oxygen atoms in total. The van der Waals surface area contributed by atoms with Gasteiger partial charge >= 0.3 is 0 Å². The highest BCUT2D eigenvalue weighted by Gasteiger charge is 2.22. The maximum Gasteiger partial charge on any atom is 0.252 e. The fourth-order valence-corrected chi connectivity index (χ4v) is 4.90. The number of ether oxygens (including phenoxy) is 2. The first-order chi connectivity index (χ1) is 15.1. The summed E-state index contributed by atoms with van der Waals surface area (Å²) in [6.45, 7) is 4.99. The maximum atomic E-state index is 12.3. The third-order valence-electron chi connectivity index (χ3n) is 5.37. The molecule has 0 spiro atoms. The van der Waals surface area contributed by atoms with Crippen LogP contribution >= 0.6 is 22.9 Å². The Morgan fingerprint density at radius 2 is 1.90 bits per heavy atom.